The molecule has 0 aliphatic rings. The first kappa shape index (κ1) is 64.3. The van der Waals surface area contributed by atoms with Crippen LogP contribution in [-0.4, -0.2) is 47.4 Å². The summed E-state index contributed by atoms with van der Waals surface area (Å²) in [6.45, 7) is 4.87. The van der Waals surface area contributed by atoms with E-state index in [-0.39, 0.29) is 18.5 Å². The Bertz CT molecular complexity index is 1030. The van der Waals surface area contributed by atoms with Crippen molar-refractivity contribution in [3.05, 3.63) is 24.3 Å². The lowest BCUT2D eigenvalue weighted by molar-refractivity contribution is -0.143. The summed E-state index contributed by atoms with van der Waals surface area (Å²) in [6, 6.07) is -0.625. The zero-order chi connectivity index (χ0) is 47.9. The van der Waals surface area contributed by atoms with Crippen molar-refractivity contribution in [3.63, 3.8) is 0 Å². The Morgan fingerprint density at radius 3 is 1.12 bits per heavy atom. The number of allylic oxidation sites excluding steroid dienone is 3. The van der Waals surface area contributed by atoms with E-state index in [2.05, 4.69) is 31.3 Å². The predicted octanol–water partition coefficient (Wildman–Crippen LogP) is 18.2. The van der Waals surface area contributed by atoms with Crippen LogP contribution in [0.3, 0.4) is 0 Å². The molecule has 0 fully saturated rings. The molecular weight excluding hydrogens is 815 g/mol. The van der Waals surface area contributed by atoms with Crippen molar-refractivity contribution in [1.82, 2.24) is 5.32 Å². The molecule has 2 unspecified atom stereocenters. The molecule has 0 aromatic rings. The molecule has 0 bridgehead atoms. The van der Waals surface area contributed by atoms with E-state index >= 15 is 0 Å². The summed E-state index contributed by atoms with van der Waals surface area (Å²) in [5.74, 6) is -0.0609. The van der Waals surface area contributed by atoms with Gasteiger partial charge >= 0.3 is 5.97 Å². The number of unbranched alkanes of at least 4 members (excludes halogenated alkanes) is 42. The maximum atomic E-state index is 12.4. The monoisotopic (exact) mass is 930 g/mol. The molecule has 1 amide bonds. The number of ether oxygens (including phenoxy) is 1. The van der Waals surface area contributed by atoms with E-state index in [0.29, 0.717) is 19.4 Å². The second kappa shape index (κ2) is 55.9. The number of esters is 1. The van der Waals surface area contributed by atoms with E-state index < -0.39 is 12.1 Å². The van der Waals surface area contributed by atoms with Gasteiger partial charge in [0.2, 0.25) is 5.91 Å². The van der Waals surface area contributed by atoms with Gasteiger partial charge in [-0.3, -0.25) is 9.59 Å². The summed E-state index contributed by atoms with van der Waals surface area (Å²) in [4.78, 5) is 24.4. The van der Waals surface area contributed by atoms with Crippen LogP contribution in [0.25, 0.3) is 0 Å². The highest BCUT2D eigenvalue weighted by Crippen LogP contribution is 2.17. The van der Waals surface area contributed by atoms with Crippen molar-refractivity contribution in [3.8, 4) is 0 Å². The lowest BCUT2D eigenvalue weighted by Gasteiger charge is -2.20. The minimum absolute atomic E-state index is 0.00480. The van der Waals surface area contributed by atoms with Gasteiger partial charge < -0.3 is 20.3 Å². The molecule has 6 nitrogen and oxygen atoms in total. The first-order valence-electron chi connectivity index (χ1n) is 29.6. The molecular formula is C60H115NO5. The number of aliphatic hydroxyl groups is 2. The van der Waals surface area contributed by atoms with Crippen LogP contribution in [0, 0.1) is 0 Å². The van der Waals surface area contributed by atoms with Gasteiger partial charge in [-0.15, -0.1) is 0 Å². The van der Waals surface area contributed by atoms with Crippen LogP contribution < -0.4 is 5.32 Å². The fraction of sp³-hybridized carbons (Fsp3) is 0.900. The topological polar surface area (TPSA) is 95.9 Å². The summed E-state index contributed by atoms with van der Waals surface area (Å²) in [5.41, 5.74) is 0. The molecule has 0 saturated carbocycles. The average molecular weight is 931 g/mol. The summed E-state index contributed by atoms with van der Waals surface area (Å²) >= 11 is 0. The summed E-state index contributed by atoms with van der Waals surface area (Å²) in [5, 5.41) is 23.1. The van der Waals surface area contributed by atoms with Gasteiger partial charge in [0.1, 0.15) is 0 Å². The largest absolute Gasteiger partial charge is 0.466 e. The highest BCUT2D eigenvalue weighted by molar-refractivity contribution is 5.76. The van der Waals surface area contributed by atoms with E-state index in [0.717, 1.165) is 44.9 Å². The Morgan fingerprint density at radius 1 is 0.409 bits per heavy atom. The molecule has 6 heteroatoms. The maximum Gasteiger partial charge on any atom is 0.305 e. The average Bonchev–Trinajstić information content (AvgIpc) is 3.32. The molecule has 0 heterocycles. The molecule has 0 aliphatic carbocycles. The first-order valence-corrected chi connectivity index (χ1v) is 29.6. The maximum absolute atomic E-state index is 12.4. The number of carbonyl (C=O) groups excluding carboxylic acids is 2. The number of carbonyl (C=O) groups is 2. The first-order chi connectivity index (χ1) is 32.5. The molecule has 0 aromatic carbocycles. The molecule has 0 spiro atoms. The number of hydrogen-bond acceptors (Lipinski definition) is 5. The molecule has 0 radical (unpaired) electrons. The third-order valence-electron chi connectivity index (χ3n) is 13.7. The standard InChI is InChI=1S/C60H115NO5/c1-3-5-7-9-11-13-15-29-33-36-40-44-48-52-58(63)57(56-62)61-59(64)53-49-45-41-37-34-30-27-25-23-21-19-17-16-18-20-22-24-26-28-31-35-39-43-47-51-55-66-60(65)54-50-46-42-38-32-14-12-10-8-6-4-2/h10,12,48,52,57-58,62-63H,3-9,11,13-47,49-51,53-56H2,1-2H3,(H,61,64)/b12-10-,52-48+. The number of rotatable bonds is 55. The second-order valence-electron chi connectivity index (χ2n) is 20.3. The van der Waals surface area contributed by atoms with Gasteiger partial charge in [-0.1, -0.05) is 282 Å². The lowest BCUT2D eigenvalue weighted by atomic mass is 10.0. The van der Waals surface area contributed by atoms with Gasteiger partial charge in [-0.05, 0) is 51.4 Å². The van der Waals surface area contributed by atoms with Gasteiger partial charge in [0, 0.05) is 12.8 Å². The number of amides is 1. The predicted molar refractivity (Wildman–Crippen MR) is 287 cm³/mol. The van der Waals surface area contributed by atoms with Crippen molar-refractivity contribution in [2.24, 2.45) is 0 Å². The Hall–Kier alpha value is -1.66. The molecule has 0 aromatic heterocycles. The van der Waals surface area contributed by atoms with Gasteiger partial charge in [0.05, 0.1) is 25.4 Å². The van der Waals surface area contributed by atoms with E-state index in [4.69, 9.17) is 4.74 Å². The highest BCUT2D eigenvalue weighted by atomic mass is 16.5. The lowest BCUT2D eigenvalue weighted by Crippen LogP contribution is -2.45. The molecule has 3 N–H and O–H groups in total. The fourth-order valence-corrected chi connectivity index (χ4v) is 9.15. The number of aliphatic hydroxyl groups excluding tert-OH is 2. The third-order valence-corrected chi connectivity index (χ3v) is 13.7. The van der Waals surface area contributed by atoms with Gasteiger partial charge in [-0.2, -0.15) is 0 Å². The highest BCUT2D eigenvalue weighted by Gasteiger charge is 2.18. The van der Waals surface area contributed by atoms with Crippen molar-refractivity contribution >= 4 is 11.9 Å². The van der Waals surface area contributed by atoms with Gasteiger partial charge in [0.15, 0.2) is 0 Å². The van der Waals surface area contributed by atoms with Crippen molar-refractivity contribution in [2.45, 2.75) is 334 Å². The molecule has 0 rings (SSSR count). The van der Waals surface area contributed by atoms with Crippen LogP contribution in [0.4, 0.5) is 0 Å². The minimum Gasteiger partial charge on any atom is -0.466 e. The van der Waals surface area contributed by atoms with E-state index in [1.54, 1.807) is 6.08 Å². The van der Waals surface area contributed by atoms with Crippen LogP contribution in [0.15, 0.2) is 24.3 Å². The van der Waals surface area contributed by atoms with Gasteiger partial charge in [-0.25, -0.2) is 0 Å². The Labute approximate surface area is 411 Å². The van der Waals surface area contributed by atoms with Crippen LogP contribution in [0.2, 0.25) is 0 Å². The second-order valence-corrected chi connectivity index (χ2v) is 20.3. The molecule has 2 atom stereocenters. The van der Waals surface area contributed by atoms with Crippen molar-refractivity contribution in [1.29, 1.82) is 0 Å². The van der Waals surface area contributed by atoms with E-state index in [1.165, 1.54) is 250 Å². The molecule has 66 heavy (non-hydrogen) atoms. The zero-order valence-electron chi connectivity index (χ0n) is 44.4. The minimum atomic E-state index is -0.842. The van der Waals surface area contributed by atoms with Crippen LogP contribution in [-0.2, 0) is 14.3 Å². The van der Waals surface area contributed by atoms with Crippen molar-refractivity contribution in [2.75, 3.05) is 13.2 Å². The number of nitrogens with one attached hydrogen (secondary N) is 1. The quantitative estimate of drug-likeness (QED) is 0.0321. The smallest absolute Gasteiger partial charge is 0.305 e. The fourth-order valence-electron chi connectivity index (χ4n) is 9.15. The van der Waals surface area contributed by atoms with Crippen molar-refractivity contribution < 1.29 is 24.5 Å². The number of hydrogen-bond donors (Lipinski definition) is 3. The Morgan fingerprint density at radius 2 is 0.727 bits per heavy atom. The van der Waals surface area contributed by atoms with Gasteiger partial charge in [0.25, 0.3) is 0 Å². The Balaban J connectivity index is 3.37. The Kier molecular flexibility index (Phi) is 54.5. The normalized spacial score (nSPS) is 12.7. The van der Waals surface area contributed by atoms with Crippen LogP contribution >= 0.6 is 0 Å². The summed E-state index contributed by atoms with van der Waals surface area (Å²) < 4.78 is 5.46. The van der Waals surface area contributed by atoms with Crippen LogP contribution in [0.1, 0.15) is 322 Å². The van der Waals surface area contributed by atoms with Crippen LogP contribution in [0.5, 0.6) is 0 Å². The SMILES string of the molecule is CCCC/C=C\CCCCCCCC(=O)OCCCCCCCCCCCCCCCCCCCCCCCCCCCC(=O)NC(CO)C(O)/C=C/CCCCCCCCCCCCC. The zero-order valence-corrected chi connectivity index (χ0v) is 44.4. The molecule has 390 valence electrons. The molecule has 0 saturated heterocycles. The van der Waals surface area contributed by atoms with E-state index in [1.807, 2.05) is 6.08 Å². The van der Waals surface area contributed by atoms with E-state index in [9.17, 15) is 19.8 Å². The molecule has 0 aliphatic heterocycles. The summed E-state index contributed by atoms with van der Waals surface area (Å²) in [6.07, 6.45) is 67.9. The third kappa shape index (κ3) is 51.7. The summed E-state index contributed by atoms with van der Waals surface area (Å²) in [7, 11) is 0.